The molecule has 2 aromatic rings. The third-order valence-corrected chi connectivity index (χ3v) is 4.69. The number of hydrogen-bond acceptors (Lipinski definition) is 5. The van der Waals surface area contributed by atoms with E-state index in [2.05, 4.69) is 15.1 Å². The van der Waals surface area contributed by atoms with Crippen LogP contribution in [0.2, 0.25) is 0 Å². The molecule has 1 saturated heterocycles. The number of aromatic nitrogens is 2. The lowest BCUT2D eigenvalue weighted by molar-refractivity contribution is -0.138. The van der Waals surface area contributed by atoms with Gasteiger partial charge in [-0.25, -0.2) is 0 Å². The first-order valence-corrected chi connectivity index (χ1v) is 9.02. The number of nitrogens with zero attached hydrogens (tertiary/aromatic N) is 4. The highest BCUT2D eigenvalue weighted by molar-refractivity contribution is 5.81. The molecule has 0 radical (unpaired) electrons. The van der Waals surface area contributed by atoms with Crippen molar-refractivity contribution in [3.05, 3.63) is 47.2 Å². The summed E-state index contributed by atoms with van der Waals surface area (Å²) in [5, 5.41) is 8.34. The second kappa shape index (κ2) is 7.72. The van der Waals surface area contributed by atoms with Crippen molar-refractivity contribution in [1.82, 2.24) is 15.1 Å². The van der Waals surface area contributed by atoms with Crippen molar-refractivity contribution in [2.24, 2.45) is 0 Å². The van der Waals surface area contributed by atoms with Gasteiger partial charge in [0, 0.05) is 26.2 Å². The summed E-state index contributed by atoms with van der Waals surface area (Å²) in [5.74, 6) is 1.67. The van der Waals surface area contributed by atoms with E-state index in [1.54, 1.807) is 0 Å². The molecule has 1 aliphatic rings. The average Bonchev–Trinajstić information content (AvgIpc) is 2.65. The Morgan fingerprint density at radius 1 is 1.04 bits per heavy atom. The van der Waals surface area contributed by atoms with Gasteiger partial charge in [0.2, 0.25) is 0 Å². The van der Waals surface area contributed by atoms with Crippen LogP contribution in [0.15, 0.2) is 30.3 Å². The number of rotatable bonds is 4. The van der Waals surface area contributed by atoms with Crippen molar-refractivity contribution in [3.63, 3.8) is 0 Å². The maximum absolute atomic E-state index is 12.7. The van der Waals surface area contributed by atoms with Crippen LogP contribution in [0.5, 0.6) is 5.75 Å². The standard InChI is InChI=1S/C20H26N4O2/c1-14-5-6-15(2)18(13-14)26-17(4)20(25)24-11-9-23(10-12-24)19-8-7-16(3)21-22-19/h5-8,13,17H,9-12H2,1-4H3. The lowest BCUT2D eigenvalue weighted by atomic mass is 10.1. The van der Waals surface area contributed by atoms with Gasteiger partial charge in [-0.05, 0) is 57.0 Å². The maximum atomic E-state index is 12.7. The first-order chi connectivity index (χ1) is 12.4. The Morgan fingerprint density at radius 3 is 2.42 bits per heavy atom. The normalized spacial score (nSPS) is 15.7. The van der Waals surface area contributed by atoms with Crippen LogP contribution in [-0.2, 0) is 4.79 Å². The third kappa shape index (κ3) is 4.12. The van der Waals surface area contributed by atoms with Gasteiger partial charge in [0.25, 0.3) is 5.91 Å². The Hall–Kier alpha value is -2.63. The molecule has 2 heterocycles. The summed E-state index contributed by atoms with van der Waals surface area (Å²) < 4.78 is 5.94. The average molecular weight is 354 g/mol. The lowest BCUT2D eigenvalue weighted by Crippen LogP contribution is -2.52. The van der Waals surface area contributed by atoms with E-state index in [-0.39, 0.29) is 5.91 Å². The summed E-state index contributed by atoms with van der Waals surface area (Å²) in [4.78, 5) is 16.8. The molecule has 1 aliphatic heterocycles. The van der Waals surface area contributed by atoms with Crippen LogP contribution in [0.4, 0.5) is 5.82 Å². The van der Waals surface area contributed by atoms with Crippen molar-refractivity contribution < 1.29 is 9.53 Å². The van der Waals surface area contributed by atoms with Crippen molar-refractivity contribution >= 4 is 11.7 Å². The van der Waals surface area contributed by atoms with Crippen LogP contribution in [0.3, 0.4) is 0 Å². The fourth-order valence-corrected chi connectivity index (χ4v) is 3.05. The van der Waals surface area contributed by atoms with E-state index in [0.29, 0.717) is 13.1 Å². The fraction of sp³-hybridized carbons (Fsp3) is 0.450. The van der Waals surface area contributed by atoms with E-state index in [1.807, 2.05) is 62.9 Å². The van der Waals surface area contributed by atoms with E-state index in [4.69, 9.17) is 4.74 Å². The quantitative estimate of drug-likeness (QED) is 0.844. The zero-order valence-corrected chi connectivity index (χ0v) is 15.9. The van der Waals surface area contributed by atoms with Crippen LogP contribution in [0.25, 0.3) is 0 Å². The molecule has 3 rings (SSSR count). The van der Waals surface area contributed by atoms with Gasteiger partial charge >= 0.3 is 0 Å². The van der Waals surface area contributed by atoms with Crippen LogP contribution in [0, 0.1) is 20.8 Å². The number of amides is 1. The zero-order valence-electron chi connectivity index (χ0n) is 15.9. The molecule has 1 fully saturated rings. The Kier molecular flexibility index (Phi) is 5.40. The number of ether oxygens (including phenoxy) is 1. The summed E-state index contributed by atoms with van der Waals surface area (Å²) in [6.45, 7) is 10.6. The topological polar surface area (TPSA) is 58.6 Å². The maximum Gasteiger partial charge on any atom is 0.263 e. The molecule has 1 unspecified atom stereocenters. The molecule has 0 spiro atoms. The van der Waals surface area contributed by atoms with Crippen LogP contribution < -0.4 is 9.64 Å². The van der Waals surface area contributed by atoms with Gasteiger partial charge in [0.15, 0.2) is 11.9 Å². The van der Waals surface area contributed by atoms with Crippen LogP contribution >= 0.6 is 0 Å². The lowest BCUT2D eigenvalue weighted by Gasteiger charge is -2.36. The predicted molar refractivity (Wildman–Crippen MR) is 102 cm³/mol. The minimum absolute atomic E-state index is 0.0283. The number of hydrogen-bond donors (Lipinski definition) is 0. The molecule has 1 aromatic carbocycles. The smallest absolute Gasteiger partial charge is 0.263 e. The molecule has 6 heteroatoms. The molecule has 0 N–H and O–H groups in total. The van der Waals surface area contributed by atoms with Gasteiger partial charge < -0.3 is 14.5 Å². The molecule has 0 aliphatic carbocycles. The second-order valence-electron chi connectivity index (χ2n) is 6.87. The van der Waals surface area contributed by atoms with Crippen molar-refractivity contribution in [2.75, 3.05) is 31.1 Å². The van der Waals surface area contributed by atoms with Gasteiger partial charge in [-0.15, -0.1) is 5.10 Å². The first-order valence-electron chi connectivity index (χ1n) is 9.02. The molecular weight excluding hydrogens is 328 g/mol. The number of benzene rings is 1. The Balaban J connectivity index is 1.57. The Bertz CT molecular complexity index is 768. The molecule has 26 heavy (non-hydrogen) atoms. The largest absolute Gasteiger partial charge is 0.481 e. The molecular formula is C20H26N4O2. The number of anilines is 1. The predicted octanol–water partition coefficient (Wildman–Crippen LogP) is 2.52. The SMILES string of the molecule is Cc1ccc(C)c(OC(C)C(=O)N2CCN(c3ccc(C)nn3)CC2)c1. The Morgan fingerprint density at radius 2 is 1.77 bits per heavy atom. The molecule has 138 valence electrons. The minimum Gasteiger partial charge on any atom is -0.481 e. The number of carbonyl (C=O) groups is 1. The number of aryl methyl sites for hydroxylation is 3. The molecule has 1 amide bonds. The molecule has 0 bridgehead atoms. The molecule has 1 atom stereocenters. The third-order valence-electron chi connectivity index (χ3n) is 4.69. The molecule has 6 nitrogen and oxygen atoms in total. The molecule has 0 saturated carbocycles. The summed E-state index contributed by atoms with van der Waals surface area (Å²) in [6.07, 6.45) is -0.499. The van der Waals surface area contributed by atoms with Crippen molar-refractivity contribution in [3.8, 4) is 5.75 Å². The van der Waals surface area contributed by atoms with Crippen LogP contribution in [-0.4, -0.2) is 53.3 Å². The highest BCUT2D eigenvalue weighted by Crippen LogP contribution is 2.21. The van der Waals surface area contributed by atoms with Gasteiger partial charge in [-0.1, -0.05) is 12.1 Å². The van der Waals surface area contributed by atoms with Gasteiger partial charge in [0.05, 0.1) is 5.69 Å². The summed E-state index contributed by atoms with van der Waals surface area (Å²) in [6, 6.07) is 9.98. The van der Waals surface area contributed by atoms with E-state index < -0.39 is 6.10 Å². The molecule has 1 aromatic heterocycles. The van der Waals surface area contributed by atoms with Crippen molar-refractivity contribution in [1.29, 1.82) is 0 Å². The van der Waals surface area contributed by atoms with E-state index >= 15 is 0 Å². The zero-order chi connectivity index (χ0) is 18.7. The first kappa shape index (κ1) is 18.2. The van der Waals surface area contributed by atoms with Gasteiger partial charge in [-0.2, -0.15) is 5.10 Å². The van der Waals surface area contributed by atoms with Crippen LogP contribution in [0.1, 0.15) is 23.7 Å². The van der Waals surface area contributed by atoms with Gasteiger partial charge in [0.1, 0.15) is 5.75 Å². The highest BCUT2D eigenvalue weighted by atomic mass is 16.5. The summed E-state index contributed by atoms with van der Waals surface area (Å²) in [7, 11) is 0. The fourth-order valence-electron chi connectivity index (χ4n) is 3.05. The van der Waals surface area contributed by atoms with E-state index in [0.717, 1.165) is 41.5 Å². The van der Waals surface area contributed by atoms with E-state index in [9.17, 15) is 4.79 Å². The Labute approximate surface area is 154 Å². The highest BCUT2D eigenvalue weighted by Gasteiger charge is 2.27. The number of carbonyl (C=O) groups excluding carboxylic acids is 1. The van der Waals surface area contributed by atoms with E-state index in [1.165, 1.54) is 0 Å². The summed E-state index contributed by atoms with van der Waals surface area (Å²) >= 11 is 0. The minimum atomic E-state index is -0.499. The monoisotopic (exact) mass is 354 g/mol. The summed E-state index contributed by atoms with van der Waals surface area (Å²) in [5.41, 5.74) is 3.07. The number of piperazine rings is 1. The van der Waals surface area contributed by atoms with Gasteiger partial charge in [-0.3, -0.25) is 4.79 Å². The second-order valence-corrected chi connectivity index (χ2v) is 6.87. The van der Waals surface area contributed by atoms with Crippen molar-refractivity contribution in [2.45, 2.75) is 33.8 Å².